The van der Waals surface area contributed by atoms with Crippen molar-refractivity contribution in [1.29, 1.82) is 0 Å². The number of hydrogen-bond donors (Lipinski definition) is 2. The van der Waals surface area contributed by atoms with Gasteiger partial charge in [-0.3, -0.25) is 0 Å². The quantitative estimate of drug-likeness (QED) is 0.893. The Morgan fingerprint density at radius 3 is 2.70 bits per heavy atom. The van der Waals surface area contributed by atoms with E-state index < -0.39 is 0 Å². The van der Waals surface area contributed by atoms with Crippen LogP contribution < -0.4 is 10.2 Å². The Morgan fingerprint density at radius 1 is 1.26 bits per heavy atom. The van der Waals surface area contributed by atoms with Gasteiger partial charge in [0, 0.05) is 50.4 Å². The second-order valence-corrected chi connectivity index (χ2v) is 6.47. The molecule has 0 saturated carbocycles. The first kappa shape index (κ1) is 16.1. The summed E-state index contributed by atoms with van der Waals surface area (Å²) in [5, 5.41) is 12.2. The Bertz CT molecular complexity index is 546. The molecule has 6 heteroatoms. The number of hydrogen-bond acceptors (Lipinski definition) is 3. The number of aliphatic hydroxyl groups excluding tert-OH is 1. The molecule has 0 bridgehead atoms. The van der Waals surface area contributed by atoms with Gasteiger partial charge in [0.15, 0.2) is 0 Å². The predicted molar refractivity (Wildman–Crippen MR) is 86.9 cm³/mol. The summed E-state index contributed by atoms with van der Waals surface area (Å²) < 4.78 is 13.3. The average molecular weight is 321 g/mol. The molecule has 2 heterocycles. The van der Waals surface area contributed by atoms with E-state index in [2.05, 4.69) is 10.2 Å². The number of likely N-dealkylation sites (tertiary alicyclic amines) is 1. The third kappa shape index (κ3) is 3.93. The average Bonchev–Trinajstić information content (AvgIpc) is 3.05. The number of nitrogens with zero attached hydrogens (tertiary/aromatic N) is 2. The van der Waals surface area contributed by atoms with Crippen molar-refractivity contribution in [3.63, 3.8) is 0 Å². The molecule has 2 aliphatic rings. The number of benzene rings is 1. The summed E-state index contributed by atoms with van der Waals surface area (Å²) in [5.74, 6) is 0.000900. The molecule has 2 N–H and O–H groups in total. The normalized spacial score (nSPS) is 22.4. The highest BCUT2D eigenvalue weighted by molar-refractivity contribution is 5.74. The van der Waals surface area contributed by atoms with Crippen LogP contribution in [0, 0.1) is 11.7 Å². The maximum Gasteiger partial charge on any atom is 0.317 e. The Hall–Kier alpha value is -1.82. The lowest BCUT2D eigenvalue weighted by Crippen LogP contribution is -2.48. The third-order valence-electron chi connectivity index (χ3n) is 4.83. The zero-order valence-corrected chi connectivity index (χ0v) is 13.2. The van der Waals surface area contributed by atoms with Gasteiger partial charge >= 0.3 is 6.03 Å². The highest BCUT2D eigenvalue weighted by Crippen LogP contribution is 2.21. The fourth-order valence-electron chi connectivity index (χ4n) is 3.39. The first-order chi connectivity index (χ1) is 11.2. The Morgan fingerprint density at radius 2 is 2.04 bits per heavy atom. The van der Waals surface area contributed by atoms with Crippen LogP contribution in [0.2, 0.25) is 0 Å². The van der Waals surface area contributed by atoms with E-state index in [1.807, 2.05) is 6.07 Å². The molecule has 23 heavy (non-hydrogen) atoms. The molecule has 5 nitrogen and oxygen atoms in total. The fraction of sp³-hybridized carbons (Fsp3) is 0.588. The van der Waals surface area contributed by atoms with E-state index in [-0.39, 0.29) is 30.4 Å². The number of carbonyl (C=O) groups excluding carboxylic acids is 1. The Labute approximate surface area is 136 Å². The van der Waals surface area contributed by atoms with Crippen molar-refractivity contribution >= 4 is 11.7 Å². The largest absolute Gasteiger partial charge is 0.396 e. The van der Waals surface area contributed by atoms with Gasteiger partial charge < -0.3 is 20.2 Å². The maximum absolute atomic E-state index is 13.3. The molecular weight excluding hydrogens is 297 g/mol. The third-order valence-corrected chi connectivity index (χ3v) is 4.83. The molecule has 1 aromatic carbocycles. The highest BCUT2D eigenvalue weighted by atomic mass is 19.1. The number of piperidine rings is 1. The van der Waals surface area contributed by atoms with Crippen molar-refractivity contribution < 1.29 is 14.3 Å². The summed E-state index contributed by atoms with van der Waals surface area (Å²) in [5.41, 5.74) is 0.903. The lowest BCUT2D eigenvalue weighted by Gasteiger charge is -2.34. The monoisotopic (exact) mass is 321 g/mol. The van der Waals surface area contributed by atoms with E-state index in [0.29, 0.717) is 6.54 Å². The molecule has 126 valence electrons. The van der Waals surface area contributed by atoms with Crippen LogP contribution in [0.3, 0.4) is 0 Å². The number of amides is 2. The van der Waals surface area contributed by atoms with Gasteiger partial charge in [-0.1, -0.05) is 6.07 Å². The second-order valence-electron chi connectivity index (χ2n) is 6.47. The summed E-state index contributed by atoms with van der Waals surface area (Å²) in [6, 6.07) is 6.79. The van der Waals surface area contributed by atoms with Crippen LogP contribution in [0.5, 0.6) is 0 Å². The fourth-order valence-corrected chi connectivity index (χ4v) is 3.39. The molecule has 2 fully saturated rings. The topological polar surface area (TPSA) is 55.8 Å². The van der Waals surface area contributed by atoms with E-state index >= 15 is 0 Å². The number of rotatable bonds is 3. The SMILES string of the molecule is O=C(NC1CCN(c2cccc(F)c2)CC1)N1CCC(CO)C1. The van der Waals surface area contributed by atoms with E-state index in [1.54, 1.807) is 17.0 Å². The minimum absolute atomic E-state index is 0.0230. The lowest BCUT2D eigenvalue weighted by molar-refractivity contribution is 0.193. The smallest absolute Gasteiger partial charge is 0.317 e. The molecule has 2 amide bonds. The lowest BCUT2D eigenvalue weighted by atomic mass is 10.0. The van der Waals surface area contributed by atoms with Crippen LogP contribution in [-0.4, -0.2) is 54.9 Å². The van der Waals surface area contributed by atoms with Gasteiger partial charge in [-0.15, -0.1) is 0 Å². The highest BCUT2D eigenvalue weighted by Gasteiger charge is 2.28. The van der Waals surface area contributed by atoms with Gasteiger partial charge in [0.2, 0.25) is 0 Å². The van der Waals surface area contributed by atoms with Crippen molar-refractivity contribution in [2.75, 3.05) is 37.7 Å². The molecule has 2 aliphatic heterocycles. The molecule has 1 aromatic rings. The van der Waals surface area contributed by atoms with Crippen LogP contribution >= 0.6 is 0 Å². The number of carbonyl (C=O) groups is 1. The molecule has 2 saturated heterocycles. The second kappa shape index (κ2) is 7.17. The van der Waals surface area contributed by atoms with Crippen LogP contribution in [0.15, 0.2) is 24.3 Å². The molecule has 0 radical (unpaired) electrons. The summed E-state index contributed by atoms with van der Waals surface area (Å²) in [6.45, 7) is 3.14. The van der Waals surface area contributed by atoms with Crippen LogP contribution in [0.4, 0.5) is 14.9 Å². The van der Waals surface area contributed by atoms with Crippen LogP contribution in [0.25, 0.3) is 0 Å². The number of urea groups is 1. The number of nitrogens with one attached hydrogen (secondary N) is 1. The van der Waals surface area contributed by atoms with Gasteiger partial charge in [-0.05, 0) is 37.5 Å². The van der Waals surface area contributed by atoms with E-state index in [9.17, 15) is 9.18 Å². The predicted octanol–water partition coefficient (Wildman–Crippen LogP) is 1.82. The molecule has 1 unspecified atom stereocenters. The standard InChI is InChI=1S/C17H24FN3O2/c18-14-2-1-3-16(10-14)20-8-5-15(6-9-20)19-17(23)21-7-4-13(11-21)12-22/h1-3,10,13,15,22H,4-9,11-12H2,(H,19,23). The molecule has 0 aromatic heterocycles. The summed E-state index contributed by atoms with van der Waals surface area (Å²) >= 11 is 0. The number of halogens is 1. The molecule has 1 atom stereocenters. The zero-order chi connectivity index (χ0) is 16.2. The van der Waals surface area contributed by atoms with Crippen molar-refractivity contribution in [3.05, 3.63) is 30.1 Å². The summed E-state index contributed by atoms with van der Waals surface area (Å²) in [6.07, 6.45) is 2.60. The zero-order valence-electron chi connectivity index (χ0n) is 13.2. The Kier molecular flexibility index (Phi) is 5.00. The van der Waals surface area contributed by atoms with Gasteiger partial charge in [-0.2, -0.15) is 0 Å². The first-order valence-corrected chi connectivity index (χ1v) is 8.32. The van der Waals surface area contributed by atoms with Crippen molar-refractivity contribution in [2.24, 2.45) is 5.92 Å². The number of anilines is 1. The van der Waals surface area contributed by atoms with E-state index in [0.717, 1.165) is 44.6 Å². The molecule has 0 spiro atoms. The first-order valence-electron chi connectivity index (χ1n) is 8.32. The van der Waals surface area contributed by atoms with Crippen molar-refractivity contribution in [1.82, 2.24) is 10.2 Å². The minimum Gasteiger partial charge on any atom is -0.396 e. The number of aliphatic hydroxyl groups is 1. The van der Waals surface area contributed by atoms with E-state index in [4.69, 9.17) is 5.11 Å². The van der Waals surface area contributed by atoms with Gasteiger partial charge in [0.25, 0.3) is 0 Å². The summed E-state index contributed by atoms with van der Waals surface area (Å²) in [4.78, 5) is 16.2. The van der Waals surface area contributed by atoms with Crippen molar-refractivity contribution in [3.8, 4) is 0 Å². The van der Waals surface area contributed by atoms with Gasteiger partial charge in [-0.25, -0.2) is 9.18 Å². The Balaban J connectivity index is 1.47. The van der Waals surface area contributed by atoms with Gasteiger partial charge in [0.05, 0.1) is 0 Å². The van der Waals surface area contributed by atoms with Gasteiger partial charge in [0.1, 0.15) is 5.82 Å². The van der Waals surface area contributed by atoms with Crippen LogP contribution in [0.1, 0.15) is 19.3 Å². The van der Waals surface area contributed by atoms with Crippen LogP contribution in [-0.2, 0) is 0 Å². The van der Waals surface area contributed by atoms with E-state index in [1.165, 1.54) is 6.07 Å². The molecule has 0 aliphatic carbocycles. The molecular formula is C17H24FN3O2. The maximum atomic E-state index is 13.3. The molecule has 3 rings (SSSR count). The summed E-state index contributed by atoms with van der Waals surface area (Å²) in [7, 11) is 0. The minimum atomic E-state index is -0.217. The van der Waals surface area contributed by atoms with Crippen molar-refractivity contribution in [2.45, 2.75) is 25.3 Å².